The van der Waals surface area contributed by atoms with Gasteiger partial charge in [-0.1, -0.05) is 34.1 Å². The molecule has 2 amide bonds. The summed E-state index contributed by atoms with van der Waals surface area (Å²) in [6.45, 7) is 0.441. The maximum absolute atomic E-state index is 13.1. The van der Waals surface area contributed by atoms with Crippen LogP contribution < -0.4 is 15.5 Å². The fraction of sp³-hybridized carbons (Fsp3) is 0.0800. The molecule has 1 saturated heterocycles. The molecule has 2 N–H and O–H groups in total. The Morgan fingerprint density at radius 3 is 2.74 bits per heavy atom. The number of thiocarbonyl (C=S) groups is 1. The van der Waals surface area contributed by atoms with Gasteiger partial charge in [-0.2, -0.15) is 0 Å². The van der Waals surface area contributed by atoms with Crippen LogP contribution >= 0.6 is 28.1 Å². The molecule has 0 atom stereocenters. The highest BCUT2D eigenvalue weighted by atomic mass is 79.9. The van der Waals surface area contributed by atoms with Crippen molar-refractivity contribution in [1.29, 1.82) is 0 Å². The first-order valence-electron chi connectivity index (χ1n) is 10.5. The van der Waals surface area contributed by atoms with Gasteiger partial charge in [-0.05, 0) is 60.8 Å². The van der Waals surface area contributed by atoms with Crippen LogP contribution in [0.4, 0.5) is 5.69 Å². The second-order valence-corrected chi connectivity index (χ2v) is 9.00. The first kappa shape index (κ1) is 22.1. The van der Waals surface area contributed by atoms with Gasteiger partial charge in [-0.15, -0.1) is 0 Å². The highest BCUT2D eigenvalue weighted by Gasteiger charge is 2.32. The molecule has 1 fully saturated rings. The Hall–Kier alpha value is -3.69. The van der Waals surface area contributed by atoms with Crippen molar-refractivity contribution < 1.29 is 14.0 Å². The van der Waals surface area contributed by atoms with Crippen LogP contribution in [0.5, 0.6) is 0 Å². The average molecular weight is 535 g/mol. The predicted molar refractivity (Wildman–Crippen MR) is 138 cm³/mol. The van der Waals surface area contributed by atoms with Gasteiger partial charge in [-0.25, -0.2) is 0 Å². The lowest BCUT2D eigenvalue weighted by molar-refractivity contribution is -0.121. The van der Waals surface area contributed by atoms with Crippen LogP contribution in [0, 0.1) is 0 Å². The number of furan rings is 1. The first-order valence-corrected chi connectivity index (χ1v) is 11.7. The van der Waals surface area contributed by atoms with Gasteiger partial charge in [0.05, 0.1) is 18.5 Å². The standard InChI is InChI=1S/C25H19BrN4O3S/c26-17-8-9-22-20(12-17)16(14-29(22)15-23(31)27-13-19-7-4-10-33-19)11-21-24(32)30(25(34)28-21)18-5-2-1-3-6-18/h1-12,14H,13,15H2,(H,27,31)(H,28,34)/b21-11-. The molecule has 7 nitrogen and oxygen atoms in total. The third kappa shape index (κ3) is 4.40. The molecular formula is C25H19BrN4O3S. The normalized spacial score (nSPS) is 14.7. The molecule has 0 radical (unpaired) electrons. The van der Waals surface area contributed by atoms with Gasteiger partial charge in [0.2, 0.25) is 5.91 Å². The molecule has 1 aliphatic heterocycles. The van der Waals surface area contributed by atoms with Gasteiger partial charge in [0.1, 0.15) is 18.0 Å². The van der Waals surface area contributed by atoms with Crippen LogP contribution in [0.2, 0.25) is 0 Å². The number of carbonyl (C=O) groups is 2. The minimum absolute atomic E-state index is 0.123. The molecular weight excluding hydrogens is 516 g/mol. The van der Waals surface area contributed by atoms with Crippen molar-refractivity contribution in [3.63, 3.8) is 0 Å². The van der Waals surface area contributed by atoms with Gasteiger partial charge < -0.3 is 19.6 Å². The lowest BCUT2D eigenvalue weighted by Gasteiger charge is -2.13. The molecule has 1 aliphatic rings. The van der Waals surface area contributed by atoms with Crippen LogP contribution in [-0.2, 0) is 22.7 Å². The molecule has 0 spiro atoms. The molecule has 2 aromatic carbocycles. The summed E-state index contributed by atoms with van der Waals surface area (Å²) in [5.74, 6) is 0.301. The van der Waals surface area contributed by atoms with Crippen molar-refractivity contribution in [3.05, 3.63) is 94.6 Å². The molecule has 0 unspecified atom stereocenters. The van der Waals surface area contributed by atoms with Crippen LogP contribution in [0.3, 0.4) is 0 Å². The summed E-state index contributed by atoms with van der Waals surface area (Å²) < 4.78 is 8.02. The Morgan fingerprint density at radius 2 is 1.97 bits per heavy atom. The third-order valence-corrected chi connectivity index (χ3v) is 6.20. The number of benzene rings is 2. The van der Waals surface area contributed by atoms with Crippen LogP contribution in [0.15, 0.2) is 87.7 Å². The Balaban J connectivity index is 1.44. The molecule has 0 saturated carbocycles. The van der Waals surface area contributed by atoms with Gasteiger partial charge >= 0.3 is 0 Å². The zero-order valence-electron chi connectivity index (χ0n) is 17.8. The number of carbonyl (C=O) groups excluding carboxylic acids is 2. The van der Waals surface area contributed by atoms with E-state index in [0.717, 1.165) is 20.9 Å². The van der Waals surface area contributed by atoms with E-state index >= 15 is 0 Å². The molecule has 170 valence electrons. The van der Waals surface area contributed by atoms with Crippen LogP contribution in [0.25, 0.3) is 17.0 Å². The van der Waals surface area contributed by atoms with E-state index in [-0.39, 0.29) is 18.4 Å². The van der Waals surface area contributed by atoms with Gasteiger partial charge in [0.25, 0.3) is 5.91 Å². The minimum atomic E-state index is -0.233. The quantitative estimate of drug-likeness (QED) is 0.279. The molecule has 0 bridgehead atoms. The zero-order chi connectivity index (χ0) is 23.7. The highest BCUT2D eigenvalue weighted by Crippen LogP contribution is 2.29. The number of nitrogens with one attached hydrogen (secondary N) is 2. The second kappa shape index (κ2) is 9.28. The number of hydrogen-bond acceptors (Lipinski definition) is 4. The second-order valence-electron chi connectivity index (χ2n) is 7.69. The van der Waals surface area contributed by atoms with E-state index < -0.39 is 0 Å². The van der Waals surface area contributed by atoms with Crippen molar-refractivity contribution in [2.75, 3.05) is 4.90 Å². The monoisotopic (exact) mass is 534 g/mol. The zero-order valence-corrected chi connectivity index (χ0v) is 20.2. The van der Waals surface area contributed by atoms with Gasteiger partial charge in [-0.3, -0.25) is 14.5 Å². The van der Waals surface area contributed by atoms with Crippen LogP contribution in [-0.4, -0.2) is 21.5 Å². The number of para-hydroxylation sites is 1. The summed E-state index contributed by atoms with van der Waals surface area (Å²) in [5.41, 5.74) is 2.74. The number of halogens is 1. The van der Waals surface area contributed by atoms with E-state index in [1.807, 2.05) is 65.4 Å². The number of anilines is 1. The number of fused-ring (bicyclic) bond motifs is 1. The average Bonchev–Trinajstić information content (AvgIpc) is 3.53. The maximum Gasteiger partial charge on any atom is 0.281 e. The largest absolute Gasteiger partial charge is 0.467 e. The van der Waals surface area contributed by atoms with Crippen molar-refractivity contribution in [2.45, 2.75) is 13.1 Å². The minimum Gasteiger partial charge on any atom is -0.467 e. The fourth-order valence-electron chi connectivity index (χ4n) is 3.85. The molecule has 2 aromatic heterocycles. The fourth-order valence-corrected chi connectivity index (χ4v) is 4.51. The number of amides is 2. The number of rotatable bonds is 6. The summed E-state index contributed by atoms with van der Waals surface area (Å²) in [5, 5.41) is 7.11. The van der Waals surface area contributed by atoms with Gasteiger partial charge in [0, 0.05) is 27.1 Å². The Bertz CT molecular complexity index is 1430. The molecule has 4 aromatic rings. The SMILES string of the molecule is O=C(Cn1cc(/C=C2\NC(=S)N(c3ccccc3)C2=O)c2cc(Br)ccc21)NCc1ccco1. The third-order valence-electron chi connectivity index (χ3n) is 5.42. The lowest BCUT2D eigenvalue weighted by Crippen LogP contribution is -2.30. The number of nitrogens with zero attached hydrogens (tertiary/aromatic N) is 2. The smallest absolute Gasteiger partial charge is 0.281 e. The van der Waals surface area contributed by atoms with Crippen molar-refractivity contribution in [2.24, 2.45) is 0 Å². The topological polar surface area (TPSA) is 79.5 Å². The summed E-state index contributed by atoms with van der Waals surface area (Å²) in [7, 11) is 0. The van der Waals surface area contributed by atoms with E-state index in [0.29, 0.717) is 28.8 Å². The summed E-state index contributed by atoms with van der Waals surface area (Å²) in [6, 6.07) is 18.7. The van der Waals surface area contributed by atoms with Crippen LogP contribution in [0.1, 0.15) is 11.3 Å². The molecule has 3 heterocycles. The summed E-state index contributed by atoms with van der Waals surface area (Å²) in [4.78, 5) is 27.2. The van der Waals surface area contributed by atoms with E-state index in [9.17, 15) is 9.59 Å². The summed E-state index contributed by atoms with van der Waals surface area (Å²) >= 11 is 8.93. The van der Waals surface area contributed by atoms with Crippen molar-refractivity contribution in [1.82, 2.24) is 15.2 Å². The Kier molecular flexibility index (Phi) is 6.04. The molecule has 5 rings (SSSR count). The highest BCUT2D eigenvalue weighted by molar-refractivity contribution is 9.10. The number of hydrogen-bond donors (Lipinski definition) is 2. The molecule has 0 aliphatic carbocycles. The lowest BCUT2D eigenvalue weighted by atomic mass is 10.1. The van der Waals surface area contributed by atoms with E-state index in [1.54, 1.807) is 18.4 Å². The Labute approximate surface area is 209 Å². The molecule has 34 heavy (non-hydrogen) atoms. The predicted octanol–water partition coefficient (Wildman–Crippen LogP) is 4.58. The number of aromatic nitrogens is 1. The molecule has 9 heteroatoms. The van der Waals surface area contributed by atoms with Crippen molar-refractivity contribution in [3.8, 4) is 0 Å². The van der Waals surface area contributed by atoms with E-state index in [1.165, 1.54) is 4.90 Å². The summed E-state index contributed by atoms with van der Waals surface area (Å²) in [6.07, 6.45) is 5.20. The van der Waals surface area contributed by atoms with Gasteiger partial charge in [0.15, 0.2) is 5.11 Å². The first-order chi connectivity index (χ1) is 16.5. The van der Waals surface area contributed by atoms with Crippen molar-refractivity contribution >= 4 is 67.7 Å². The Morgan fingerprint density at radius 1 is 1.15 bits per heavy atom. The van der Waals surface area contributed by atoms with E-state index in [2.05, 4.69) is 26.6 Å². The van der Waals surface area contributed by atoms with E-state index in [4.69, 9.17) is 16.6 Å². The maximum atomic E-state index is 13.1.